The van der Waals surface area contributed by atoms with E-state index in [0.717, 1.165) is 44.6 Å². The predicted molar refractivity (Wildman–Crippen MR) is 105 cm³/mol. The lowest BCUT2D eigenvalue weighted by Crippen LogP contribution is -2.54. The van der Waals surface area contributed by atoms with E-state index in [1.807, 2.05) is 32.0 Å². The number of aryl methyl sites for hydroxylation is 1. The van der Waals surface area contributed by atoms with Crippen LogP contribution in [0.1, 0.15) is 25.3 Å². The second kappa shape index (κ2) is 8.71. The van der Waals surface area contributed by atoms with Crippen LogP contribution in [-0.2, 0) is 9.59 Å². The average molecular weight is 374 g/mol. The van der Waals surface area contributed by atoms with Crippen LogP contribution in [0.25, 0.3) is 0 Å². The third-order valence-electron chi connectivity index (χ3n) is 5.26. The Balaban J connectivity index is 1.48. The van der Waals surface area contributed by atoms with Gasteiger partial charge in [-0.1, -0.05) is 6.07 Å². The highest BCUT2D eigenvalue weighted by Gasteiger charge is 2.28. The topological polar surface area (TPSA) is 73.9 Å². The standard InChI is InChI=1S/C20H30N4O3/c1-14-4-7-18(27-3)17(12-14)22-20(26)15(2)24-10-8-23(9-11-24)13-19(25)21-16-5-6-16/h4,7,12,15-16H,5-6,8-11,13H2,1-3H3,(H,21,25)(H,22,26)/t15-/m0/s1. The largest absolute Gasteiger partial charge is 0.495 e. The summed E-state index contributed by atoms with van der Waals surface area (Å²) in [5, 5.41) is 6.01. The van der Waals surface area contributed by atoms with E-state index in [0.29, 0.717) is 24.0 Å². The zero-order chi connectivity index (χ0) is 19.4. The molecule has 0 unspecified atom stereocenters. The molecule has 1 saturated heterocycles. The summed E-state index contributed by atoms with van der Waals surface area (Å²) in [4.78, 5) is 28.9. The molecular formula is C20H30N4O3. The van der Waals surface area contributed by atoms with Crippen molar-refractivity contribution in [3.8, 4) is 5.75 Å². The summed E-state index contributed by atoms with van der Waals surface area (Å²) in [6.07, 6.45) is 2.22. The first-order valence-electron chi connectivity index (χ1n) is 9.67. The van der Waals surface area contributed by atoms with Gasteiger partial charge in [-0.05, 0) is 44.4 Å². The number of ether oxygens (including phenoxy) is 1. The number of rotatable bonds is 7. The summed E-state index contributed by atoms with van der Waals surface area (Å²) in [6, 6.07) is 5.90. The maximum absolute atomic E-state index is 12.7. The normalized spacial score (nSPS) is 19.4. The molecule has 1 saturated carbocycles. The fourth-order valence-corrected chi connectivity index (χ4v) is 3.34. The molecule has 0 aromatic heterocycles. The van der Waals surface area contributed by atoms with Gasteiger partial charge in [0.05, 0.1) is 25.4 Å². The average Bonchev–Trinajstić information content (AvgIpc) is 3.45. The van der Waals surface area contributed by atoms with Crippen molar-refractivity contribution in [2.45, 2.75) is 38.8 Å². The summed E-state index contributed by atoms with van der Waals surface area (Å²) >= 11 is 0. The molecule has 1 aromatic rings. The van der Waals surface area contributed by atoms with E-state index < -0.39 is 0 Å². The predicted octanol–water partition coefficient (Wildman–Crippen LogP) is 1.23. The highest BCUT2D eigenvalue weighted by molar-refractivity contribution is 5.96. The summed E-state index contributed by atoms with van der Waals surface area (Å²) in [6.45, 7) is 7.50. The van der Waals surface area contributed by atoms with Crippen molar-refractivity contribution in [3.05, 3.63) is 23.8 Å². The molecule has 3 rings (SSSR count). The van der Waals surface area contributed by atoms with Gasteiger partial charge in [0.15, 0.2) is 0 Å². The van der Waals surface area contributed by atoms with E-state index in [1.54, 1.807) is 7.11 Å². The van der Waals surface area contributed by atoms with Crippen molar-refractivity contribution >= 4 is 17.5 Å². The molecule has 148 valence electrons. The summed E-state index contributed by atoms with van der Waals surface area (Å²) in [5.74, 6) is 0.731. The first-order valence-corrected chi connectivity index (χ1v) is 9.67. The van der Waals surface area contributed by atoms with Crippen molar-refractivity contribution < 1.29 is 14.3 Å². The lowest BCUT2D eigenvalue weighted by atomic mass is 10.1. The summed E-state index contributed by atoms with van der Waals surface area (Å²) in [5.41, 5.74) is 1.77. The van der Waals surface area contributed by atoms with Crippen LogP contribution in [0.3, 0.4) is 0 Å². The second-order valence-corrected chi connectivity index (χ2v) is 7.52. The molecule has 1 atom stereocenters. The van der Waals surface area contributed by atoms with E-state index in [-0.39, 0.29) is 17.9 Å². The summed E-state index contributed by atoms with van der Waals surface area (Å²) < 4.78 is 5.34. The van der Waals surface area contributed by atoms with Crippen LogP contribution < -0.4 is 15.4 Å². The van der Waals surface area contributed by atoms with Gasteiger partial charge < -0.3 is 15.4 Å². The van der Waals surface area contributed by atoms with Crippen molar-refractivity contribution in [1.82, 2.24) is 15.1 Å². The molecular weight excluding hydrogens is 344 g/mol. The number of carbonyl (C=O) groups is 2. The fourth-order valence-electron chi connectivity index (χ4n) is 3.34. The molecule has 0 radical (unpaired) electrons. The van der Waals surface area contributed by atoms with Gasteiger partial charge in [0, 0.05) is 32.2 Å². The molecule has 1 aromatic carbocycles. The van der Waals surface area contributed by atoms with Crippen LogP contribution in [0.15, 0.2) is 18.2 Å². The third-order valence-corrected chi connectivity index (χ3v) is 5.26. The Bertz CT molecular complexity index is 682. The van der Waals surface area contributed by atoms with Gasteiger partial charge in [-0.2, -0.15) is 0 Å². The Kier molecular flexibility index (Phi) is 6.34. The highest BCUT2D eigenvalue weighted by Crippen LogP contribution is 2.25. The number of methoxy groups -OCH3 is 1. The number of nitrogens with zero attached hydrogens (tertiary/aromatic N) is 2. The van der Waals surface area contributed by atoms with E-state index in [9.17, 15) is 9.59 Å². The molecule has 2 aliphatic rings. The molecule has 2 fully saturated rings. The quantitative estimate of drug-likeness (QED) is 0.751. The highest BCUT2D eigenvalue weighted by atomic mass is 16.5. The number of carbonyl (C=O) groups excluding carboxylic acids is 2. The number of nitrogens with one attached hydrogen (secondary N) is 2. The molecule has 0 bridgehead atoms. The van der Waals surface area contributed by atoms with Crippen molar-refractivity contribution in [2.75, 3.05) is 45.2 Å². The van der Waals surface area contributed by atoms with Gasteiger partial charge in [0.1, 0.15) is 5.75 Å². The minimum atomic E-state index is -0.238. The lowest BCUT2D eigenvalue weighted by Gasteiger charge is -2.37. The molecule has 7 nitrogen and oxygen atoms in total. The lowest BCUT2D eigenvalue weighted by molar-refractivity contribution is -0.124. The minimum Gasteiger partial charge on any atom is -0.495 e. The number of hydrogen-bond donors (Lipinski definition) is 2. The van der Waals surface area contributed by atoms with Crippen LogP contribution in [0.2, 0.25) is 0 Å². The van der Waals surface area contributed by atoms with Crippen molar-refractivity contribution in [2.24, 2.45) is 0 Å². The van der Waals surface area contributed by atoms with Crippen LogP contribution >= 0.6 is 0 Å². The Morgan fingerprint density at radius 2 is 1.93 bits per heavy atom. The van der Waals surface area contributed by atoms with Crippen LogP contribution in [-0.4, -0.2) is 73.5 Å². The number of amides is 2. The molecule has 1 heterocycles. The monoisotopic (exact) mass is 374 g/mol. The molecule has 2 amide bonds. The molecule has 1 aliphatic heterocycles. The SMILES string of the molecule is COc1ccc(C)cc1NC(=O)[C@H](C)N1CCN(CC(=O)NC2CC2)CC1. The number of benzene rings is 1. The molecule has 2 N–H and O–H groups in total. The third kappa shape index (κ3) is 5.43. The van der Waals surface area contributed by atoms with E-state index in [4.69, 9.17) is 4.74 Å². The van der Waals surface area contributed by atoms with E-state index in [1.165, 1.54) is 0 Å². The first-order chi connectivity index (χ1) is 13.0. The minimum absolute atomic E-state index is 0.0428. The molecule has 0 spiro atoms. The Morgan fingerprint density at radius 3 is 2.56 bits per heavy atom. The van der Waals surface area contributed by atoms with Crippen molar-refractivity contribution in [3.63, 3.8) is 0 Å². The van der Waals surface area contributed by atoms with Crippen molar-refractivity contribution in [1.29, 1.82) is 0 Å². The van der Waals surface area contributed by atoms with Gasteiger partial charge in [-0.25, -0.2) is 0 Å². The zero-order valence-corrected chi connectivity index (χ0v) is 16.5. The Labute approximate surface area is 161 Å². The van der Waals surface area contributed by atoms with Gasteiger partial charge in [0.25, 0.3) is 0 Å². The van der Waals surface area contributed by atoms with Gasteiger partial charge in [-0.15, -0.1) is 0 Å². The maximum atomic E-state index is 12.7. The number of hydrogen-bond acceptors (Lipinski definition) is 5. The van der Waals surface area contributed by atoms with E-state index >= 15 is 0 Å². The fraction of sp³-hybridized carbons (Fsp3) is 0.600. The molecule has 1 aliphatic carbocycles. The maximum Gasteiger partial charge on any atom is 0.241 e. The van der Waals surface area contributed by atoms with Gasteiger partial charge in [0.2, 0.25) is 11.8 Å². The number of piperazine rings is 1. The van der Waals surface area contributed by atoms with Crippen LogP contribution in [0.4, 0.5) is 5.69 Å². The van der Waals surface area contributed by atoms with E-state index in [2.05, 4.69) is 20.4 Å². The molecule has 7 heteroatoms. The summed E-state index contributed by atoms with van der Waals surface area (Å²) in [7, 11) is 1.60. The number of anilines is 1. The zero-order valence-electron chi connectivity index (χ0n) is 16.5. The Hall–Kier alpha value is -2.12. The molecule has 27 heavy (non-hydrogen) atoms. The first kappa shape index (κ1) is 19.6. The van der Waals surface area contributed by atoms with Crippen LogP contribution in [0.5, 0.6) is 5.75 Å². The van der Waals surface area contributed by atoms with Gasteiger partial charge in [-0.3, -0.25) is 19.4 Å². The van der Waals surface area contributed by atoms with Crippen LogP contribution in [0, 0.1) is 6.92 Å². The Morgan fingerprint density at radius 1 is 1.22 bits per heavy atom. The van der Waals surface area contributed by atoms with Gasteiger partial charge >= 0.3 is 0 Å². The smallest absolute Gasteiger partial charge is 0.241 e. The second-order valence-electron chi connectivity index (χ2n) is 7.52.